The van der Waals surface area contributed by atoms with Crippen molar-refractivity contribution >= 4 is 38.9 Å². The number of hydrogen-bond acceptors (Lipinski definition) is 4. The minimum Gasteiger partial charge on any atom is -0.394 e. The Bertz CT molecular complexity index is 715. The second-order valence-electron chi connectivity index (χ2n) is 3.89. The van der Waals surface area contributed by atoms with E-state index in [1.165, 1.54) is 35.3 Å². The Hall–Kier alpha value is -1.28. The highest BCUT2D eigenvalue weighted by molar-refractivity contribution is 7.92. The molecule has 0 spiro atoms. The standard InChI is InChI=1S/C11H11Cl2N3O3S/c12-8-1-2-11(10(13)5-8)15-20(18,19)9-6-14-16(7-9)3-4-17/h1-2,5-7,15,17H,3-4H2. The van der Waals surface area contributed by atoms with E-state index >= 15 is 0 Å². The Morgan fingerprint density at radius 3 is 2.75 bits per heavy atom. The van der Waals surface area contributed by atoms with Crippen LogP contribution in [0.4, 0.5) is 5.69 Å². The van der Waals surface area contributed by atoms with E-state index in [-0.39, 0.29) is 28.8 Å². The van der Waals surface area contributed by atoms with Crippen LogP contribution in [0.2, 0.25) is 10.0 Å². The number of rotatable bonds is 5. The number of anilines is 1. The van der Waals surface area contributed by atoms with E-state index in [1.54, 1.807) is 0 Å². The molecule has 1 heterocycles. The molecule has 0 saturated heterocycles. The van der Waals surface area contributed by atoms with E-state index in [0.717, 1.165) is 0 Å². The molecule has 0 aliphatic heterocycles. The van der Waals surface area contributed by atoms with Crippen LogP contribution in [-0.4, -0.2) is 29.9 Å². The summed E-state index contributed by atoms with van der Waals surface area (Å²) in [6, 6.07) is 4.44. The SMILES string of the molecule is O=S(=O)(Nc1ccc(Cl)cc1Cl)c1cnn(CCO)c1. The van der Waals surface area contributed by atoms with Crippen molar-refractivity contribution in [2.75, 3.05) is 11.3 Å². The van der Waals surface area contributed by atoms with Gasteiger partial charge in [0, 0.05) is 11.2 Å². The van der Waals surface area contributed by atoms with Crippen LogP contribution in [0.5, 0.6) is 0 Å². The van der Waals surface area contributed by atoms with Crippen molar-refractivity contribution in [3.05, 3.63) is 40.6 Å². The van der Waals surface area contributed by atoms with Crippen molar-refractivity contribution in [1.29, 1.82) is 0 Å². The Kier molecular flexibility index (Phi) is 4.54. The summed E-state index contributed by atoms with van der Waals surface area (Å²) in [5.41, 5.74) is 0.228. The quantitative estimate of drug-likeness (QED) is 0.874. The van der Waals surface area contributed by atoms with Crippen LogP contribution in [-0.2, 0) is 16.6 Å². The molecule has 0 bridgehead atoms. The lowest BCUT2D eigenvalue weighted by Gasteiger charge is -2.08. The third-order valence-corrected chi connectivity index (χ3v) is 4.29. The van der Waals surface area contributed by atoms with Gasteiger partial charge >= 0.3 is 0 Å². The number of nitrogens with one attached hydrogen (secondary N) is 1. The Balaban J connectivity index is 2.26. The highest BCUT2D eigenvalue weighted by atomic mass is 35.5. The van der Waals surface area contributed by atoms with Gasteiger partial charge in [-0.05, 0) is 18.2 Å². The maximum absolute atomic E-state index is 12.1. The first-order valence-electron chi connectivity index (χ1n) is 5.53. The Morgan fingerprint density at radius 1 is 1.35 bits per heavy atom. The zero-order valence-electron chi connectivity index (χ0n) is 10.1. The first-order valence-corrected chi connectivity index (χ1v) is 7.77. The minimum atomic E-state index is -3.79. The van der Waals surface area contributed by atoms with Gasteiger partial charge in [0.2, 0.25) is 0 Å². The lowest BCUT2D eigenvalue weighted by atomic mass is 10.3. The fourth-order valence-electron chi connectivity index (χ4n) is 1.48. The normalized spacial score (nSPS) is 11.6. The second kappa shape index (κ2) is 6.01. The molecule has 0 saturated carbocycles. The third-order valence-electron chi connectivity index (χ3n) is 2.42. The molecule has 1 aromatic carbocycles. The molecule has 0 radical (unpaired) electrons. The molecule has 108 valence electrons. The predicted octanol–water partition coefficient (Wildman–Crippen LogP) is 1.98. The molecule has 0 aliphatic carbocycles. The van der Waals surface area contributed by atoms with Gasteiger partial charge in [-0.15, -0.1) is 0 Å². The van der Waals surface area contributed by atoms with Crippen molar-refractivity contribution in [3.8, 4) is 0 Å². The third kappa shape index (κ3) is 3.43. The van der Waals surface area contributed by atoms with Gasteiger partial charge < -0.3 is 5.11 Å². The molecule has 2 aromatic rings. The zero-order valence-corrected chi connectivity index (χ0v) is 12.5. The number of halogens is 2. The van der Waals surface area contributed by atoms with Gasteiger partial charge in [-0.25, -0.2) is 8.42 Å². The van der Waals surface area contributed by atoms with Gasteiger partial charge in [0.05, 0.1) is 30.1 Å². The molecule has 6 nitrogen and oxygen atoms in total. The largest absolute Gasteiger partial charge is 0.394 e. The monoisotopic (exact) mass is 335 g/mol. The maximum Gasteiger partial charge on any atom is 0.265 e. The molecular formula is C11H11Cl2N3O3S. The number of hydrogen-bond donors (Lipinski definition) is 2. The maximum atomic E-state index is 12.1. The predicted molar refractivity (Wildman–Crippen MR) is 76.6 cm³/mol. The van der Waals surface area contributed by atoms with E-state index in [1.807, 2.05) is 0 Å². The minimum absolute atomic E-state index is 0.0167. The van der Waals surface area contributed by atoms with Crippen molar-refractivity contribution in [2.24, 2.45) is 0 Å². The molecule has 2 rings (SSSR count). The van der Waals surface area contributed by atoms with E-state index < -0.39 is 10.0 Å². The average Bonchev–Trinajstić information content (AvgIpc) is 2.83. The van der Waals surface area contributed by atoms with E-state index in [4.69, 9.17) is 28.3 Å². The summed E-state index contributed by atoms with van der Waals surface area (Å²) < 4.78 is 28.0. The van der Waals surface area contributed by atoms with Crippen LogP contribution >= 0.6 is 23.2 Å². The molecule has 1 aromatic heterocycles. The smallest absolute Gasteiger partial charge is 0.265 e. The molecule has 0 unspecified atom stereocenters. The number of aliphatic hydroxyl groups is 1. The topological polar surface area (TPSA) is 84.2 Å². The Labute approximate surface area is 126 Å². The summed E-state index contributed by atoms with van der Waals surface area (Å²) >= 11 is 11.7. The summed E-state index contributed by atoms with van der Waals surface area (Å²) in [5.74, 6) is 0. The lowest BCUT2D eigenvalue weighted by Crippen LogP contribution is -2.12. The number of nitrogens with zero attached hydrogens (tertiary/aromatic N) is 2. The lowest BCUT2D eigenvalue weighted by molar-refractivity contribution is 0.269. The molecule has 0 aliphatic rings. The zero-order chi connectivity index (χ0) is 14.8. The summed E-state index contributed by atoms with van der Waals surface area (Å²) in [6.45, 7) is 0.0921. The summed E-state index contributed by atoms with van der Waals surface area (Å²) in [4.78, 5) is -0.0167. The molecule has 0 amide bonds. The average molecular weight is 336 g/mol. The van der Waals surface area contributed by atoms with Gasteiger partial charge in [0.25, 0.3) is 10.0 Å². The van der Waals surface area contributed by atoms with Crippen molar-refractivity contribution < 1.29 is 13.5 Å². The number of aliphatic hydroxyl groups excluding tert-OH is 1. The molecule has 0 atom stereocenters. The van der Waals surface area contributed by atoms with Crippen LogP contribution in [0.25, 0.3) is 0 Å². The first-order chi connectivity index (χ1) is 9.42. The summed E-state index contributed by atoms with van der Waals surface area (Å²) in [5, 5.41) is 13.2. The molecule has 20 heavy (non-hydrogen) atoms. The molecule has 9 heteroatoms. The fraction of sp³-hybridized carbons (Fsp3) is 0.182. The van der Waals surface area contributed by atoms with Gasteiger partial charge in [0.1, 0.15) is 4.90 Å². The second-order valence-corrected chi connectivity index (χ2v) is 6.42. The fourth-order valence-corrected chi connectivity index (χ4v) is 3.03. The van der Waals surface area contributed by atoms with Crippen LogP contribution < -0.4 is 4.72 Å². The first kappa shape index (κ1) is 15.1. The molecule has 2 N–H and O–H groups in total. The summed E-state index contributed by atoms with van der Waals surface area (Å²) in [6.07, 6.45) is 2.52. The number of aromatic nitrogens is 2. The van der Waals surface area contributed by atoms with Crippen LogP contribution in [0.1, 0.15) is 0 Å². The van der Waals surface area contributed by atoms with E-state index in [9.17, 15) is 8.42 Å². The number of sulfonamides is 1. The van der Waals surface area contributed by atoms with Crippen LogP contribution in [0, 0.1) is 0 Å². The van der Waals surface area contributed by atoms with Gasteiger partial charge in [0.15, 0.2) is 0 Å². The van der Waals surface area contributed by atoms with E-state index in [0.29, 0.717) is 5.02 Å². The summed E-state index contributed by atoms with van der Waals surface area (Å²) in [7, 11) is -3.79. The van der Waals surface area contributed by atoms with Crippen LogP contribution in [0.15, 0.2) is 35.5 Å². The van der Waals surface area contributed by atoms with Crippen molar-refractivity contribution in [3.63, 3.8) is 0 Å². The molecule has 0 fully saturated rings. The van der Waals surface area contributed by atoms with E-state index in [2.05, 4.69) is 9.82 Å². The van der Waals surface area contributed by atoms with Crippen molar-refractivity contribution in [1.82, 2.24) is 9.78 Å². The van der Waals surface area contributed by atoms with Gasteiger partial charge in [-0.3, -0.25) is 9.40 Å². The Morgan fingerprint density at radius 2 is 2.10 bits per heavy atom. The van der Waals surface area contributed by atoms with Crippen molar-refractivity contribution in [2.45, 2.75) is 11.4 Å². The van der Waals surface area contributed by atoms with Gasteiger partial charge in [-0.2, -0.15) is 5.10 Å². The highest BCUT2D eigenvalue weighted by Gasteiger charge is 2.18. The highest BCUT2D eigenvalue weighted by Crippen LogP contribution is 2.27. The number of benzene rings is 1. The van der Waals surface area contributed by atoms with Gasteiger partial charge in [-0.1, -0.05) is 23.2 Å². The van der Waals surface area contributed by atoms with Crippen LogP contribution in [0.3, 0.4) is 0 Å². The molecular weight excluding hydrogens is 325 g/mol.